The molecule has 0 aliphatic heterocycles. The molecule has 96 valence electrons. The summed E-state index contributed by atoms with van der Waals surface area (Å²) in [6.45, 7) is 13.3. The van der Waals surface area contributed by atoms with Crippen molar-refractivity contribution in [1.29, 1.82) is 0 Å². The number of rotatable bonds is 6. The third kappa shape index (κ3) is 23.4. The van der Waals surface area contributed by atoms with Crippen molar-refractivity contribution in [2.45, 2.75) is 67.2 Å². The largest absolute Gasteiger partial charge is 0.0888 e. The molecule has 0 fully saturated rings. The highest BCUT2D eigenvalue weighted by atomic mass is 13.9. The van der Waals surface area contributed by atoms with Crippen molar-refractivity contribution >= 4 is 0 Å². The molecule has 0 saturated heterocycles. The highest BCUT2D eigenvalue weighted by Gasteiger charge is 1.85. The van der Waals surface area contributed by atoms with Gasteiger partial charge in [-0.3, -0.25) is 0 Å². The summed E-state index contributed by atoms with van der Waals surface area (Å²) >= 11 is 0. The van der Waals surface area contributed by atoms with E-state index >= 15 is 0 Å². The Bertz CT molecular complexity index is 141. The highest BCUT2D eigenvalue weighted by molar-refractivity contribution is 4.81. The van der Waals surface area contributed by atoms with E-state index < -0.39 is 0 Å². The normalized spacial score (nSPS) is 11.5. The van der Waals surface area contributed by atoms with Gasteiger partial charge in [-0.15, -0.1) is 0 Å². The monoisotopic (exact) mass is 224 g/mol. The molecule has 0 rings (SSSR count). The average Bonchev–Trinajstić information content (AvgIpc) is 2.18. The molecule has 0 heterocycles. The molecule has 0 saturated carbocycles. The highest BCUT2D eigenvalue weighted by Crippen LogP contribution is 2.00. The fraction of sp³-hybridized carbons (Fsp3) is 0.750. The van der Waals surface area contributed by atoms with Crippen LogP contribution in [0.4, 0.5) is 0 Å². The van der Waals surface area contributed by atoms with Gasteiger partial charge in [-0.25, -0.2) is 0 Å². The number of hydrogen-bond donors (Lipinski definition) is 0. The molecule has 0 unspecified atom stereocenters. The van der Waals surface area contributed by atoms with Gasteiger partial charge >= 0.3 is 0 Å². The molecule has 0 aromatic heterocycles. The van der Waals surface area contributed by atoms with Crippen molar-refractivity contribution in [3.05, 3.63) is 24.3 Å². The third-order valence-electron chi connectivity index (χ3n) is 2.02. The Balaban J connectivity index is 0. The molecule has 0 radical (unpaired) electrons. The van der Waals surface area contributed by atoms with Crippen LogP contribution < -0.4 is 0 Å². The van der Waals surface area contributed by atoms with Crippen LogP contribution in [0.2, 0.25) is 0 Å². The van der Waals surface area contributed by atoms with E-state index in [0.717, 1.165) is 11.8 Å². The topological polar surface area (TPSA) is 0 Å². The lowest BCUT2D eigenvalue weighted by molar-refractivity contribution is 0.662. The standard InChI is InChI=1S/2C8H16/c2*1-4-5-6-7-8(2)3/h2*5-6,8H,4,7H2,1-3H3/b2*6-5+. The minimum Gasteiger partial charge on any atom is -0.0888 e. The van der Waals surface area contributed by atoms with Crippen molar-refractivity contribution in [3.8, 4) is 0 Å². The minimum atomic E-state index is 0.817. The maximum Gasteiger partial charge on any atom is -0.0327 e. The second-order valence-electron chi connectivity index (χ2n) is 5.02. The molecule has 0 atom stereocenters. The molecule has 0 aliphatic carbocycles. The Kier molecular flexibility index (Phi) is 16.2. The van der Waals surface area contributed by atoms with Gasteiger partial charge in [0.1, 0.15) is 0 Å². The quantitative estimate of drug-likeness (QED) is 0.486. The molecule has 0 aliphatic rings. The Morgan fingerprint density at radius 1 is 0.625 bits per heavy atom. The number of allylic oxidation sites excluding steroid dienone is 4. The zero-order valence-corrected chi connectivity index (χ0v) is 12.3. The van der Waals surface area contributed by atoms with E-state index in [-0.39, 0.29) is 0 Å². The second-order valence-corrected chi connectivity index (χ2v) is 5.02. The van der Waals surface area contributed by atoms with Crippen molar-refractivity contribution < 1.29 is 0 Å². The summed E-state index contributed by atoms with van der Waals surface area (Å²) in [5.41, 5.74) is 0. The lowest BCUT2D eigenvalue weighted by Crippen LogP contribution is -1.80. The van der Waals surface area contributed by atoms with Crippen molar-refractivity contribution in [1.82, 2.24) is 0 Å². The van der Waals surface area contributed by atoms with Crippen LogP contribution in [0.3, 0.4) is 0 Å². The average molecular weight is 224 g/mol. The first-order valence-corrected chi connectivity index (χ1v) is 6.84. The predicted octanol–water partition coefficient (Wildman–Crippen LogP) is 6.00. The van der Waals surface area contributed by atoms with Gasteiger partial charge in [0.05, 0.1) is 0 Å². The first-order valence-electron chi connectivity index (χ1n) is 6.84. The van der Waals surface area contributed by atoms with Gasteiger partial charge in [-0.2, -0.15) is 0 Å². The van der Waals surface area contributed by atoms with Crippen LogP contribution in [0, 0.1) is 11.8 Å². The van der Waals surface area contributed by atoms with Crippen LogP contribution >= 0.6 is 0 Å². The molecular weight excluding hydrogens is 192 g/mol. The van der Waals surface area contributed by atoms with E-state index in [1.54, 1.807) is 0 Å². The third-order valence-corrected chi connectivity index (χ3v) is 2.02. The van der Waals surface area contributed by atoms with Gasteiger partial charge in [-0.05, 0) is 37.5 Å². The lowest BCUT2D eigenvalue weighted by atomic mass is 10.1. The fourth-order valence-electron chi connectivity index (χ4n) is 1.07. The van der Waals surface area contributed by atoms with E-state index in [1.165, 1.54) is 25.7 Å². The van der Waals surface area contributed by atoms with E-state index in [2.05, 4.69) is 65.8 Å². The first-order chi connectivity index (χ1) is 7.54. The van der Waals surface area contributed by atoms with Gasteiger partial charge in [-0.1, -0.05) is 65.8 Å². The molecule has 0 amide bonds. The molecule has 0 heteroatoms. The maximum absolute atomic E-state index is 2.25. The van der Waals surface area contributed by atoms with Crippen molar-refractivity contribution in [2.24, 2.45) is 11.8 Å². The van der Waals surface area contributed by atoms with E-state index in [1.807, 2.05) is 0 Å². The Morgan fingerprint density at radius 3 is 1.12 bits per heavy atom. The molecule has 0 spiro atoms. The fourth-order valence-corrected chi connectivity index (χ4v) is 1.07. The zero-order valence-electron chi connectivity index (χ0n) is 12.3. The van der Waals surface area contributed by atoms with Crippen LogP contribution in [0.25, 0.3) is 0 Å². The summed E-state index contributed by atoms with van der Waals surface area (Å²) in [5.74, 6) is 1.63. The Morgan fingerprint density at radius 2 is 0.938 bits per heavy atom. The van der Waals surface area contributed by atoms with E-state index in [4.69, 9.17) is 0 Å². The summed E-state index contributed by atoms with van der Waals surface area (Å²) in [7, 11) is 0. The summed E-state index contributed by atoms with van der Waals surface area (Å²) < 4.78 is 0. The van der Waals surface area contributed by atoms with Crippen LogP contribution in [-0.4, -0.2) is 0 Å². The van der Waals surface area contributed by atoms with Gasteiger partial charge in [0, 0.05) is 0 Å². The smallest absolute Gasteiger partial charge is 0.0327 e. The zero-order chi connectivity index (χ0) is 12.8. The van der Waals surface area contributed by atoms with Crippen molar-refractivity contribution in [3.63, 3.8) is 0 Å². The molecule has 0 N–H and O–H groups in total. The number of hydrogen-bond acceptors (Lipinski definition) is 0. The molecular formula is C16H32. The van der Waals surface area contributed by atoms with Gasteiger partial charge < -0.3 is 0 Å². The molecule has 0 bridgehead atoms. The first kappa shape index (κ1) is 17.9. The molecule has 0 aromatic carbocycles. The van der Waals surface area contributed by atoms with Gasteiger partial charge in [0.15, 0.2) is 0 Å². The van der Waals surface area contributed by atoms with Crippen LogP contribution in [-0.2, 0) is 0 Å². The molecule has 0 aromatic rings. The summed E-state index contributed by atoms with van der Waals surface area (Å²) in [6.07, 6.45) is 13.8. The van der Waals surface area contributed by atoms with E-state index in [9.17, 15) is 0 Å². The minimum absolute atomic E-state index is 0.817. The van der Waals surface area contributed by atoms with Crippen LogP contribution in [0.5, 0.6) is 0 Å². The summed E-state index contributed by atoms with van der Waals surface area (Å²) in [5, 5.41) is 0. The van der Waals surface area contributed by atoms with Crippen LogP contribution in [0.1, 0.15) is 67.2 Å². The van der Waals surface area contributed by atoms with Crippen molar-refractivity contribution in [2.75, 3.05) is 0 Å². The van der Waals surface area contributed by atoms with E-state index in [0.29, 0.717) is 0 Å². The SMILES string of the molecule is CC/C=C/CC(C)C.CC/C=C/CC(C)C. The predicted molar refractivity (Wildman–Crippen MR) is 77.8 cm³/mol. The molecule has 0 nitrogen and oxygen atoms in total. The summed E-state index contributed by atoms with van der Waals surface area (Å²) in [4.78, 5) is 0. The molecule has 16 heavy (non-hydrogen) atoms. The van der Waals surface area contributed by atoms with Crippen LogP contribution in [0.15, 0.2) is 24.3 Å². The lowest BCUT2D eigenvalue weighted by Gasteiger charge is -1.94. The maximum atomic E-state index is 2.25. The Hall–Kier alpha value is -0.520. The van der Waals surface area contributed by atoms with Gasteiger partial charge in [0.2, 0.25) is 0 Å². The summed E-state index contributed by atoms with van der Waals surface area (Å²) in [6, 6.07) is 0. The second kappa shape index (κ2) is 14.5. The Labute approximate surface area is 104 Å². The van der Waals surface area contributed by atoms with Gasteiger partial charge in [0.25, 0.3) is 0 Å².